The van der Waals surface area contributed by atoms with E-state index < -0.39 is 5.97 Å². The van der Waals surface area contributed by atoms with Crippen LogP contribution >= 0.6 is 0 Å². The SMILES string of the molecule is CN(C)CC=CC(=O)O.O=C1CN1. The summed E-state index contributed by atoms with van der Waals surface area (Å²) in [6.07, 6.45) is 2.74. The van der Waals surface area contributed by atoms with Crippen LogP contribution in [0.4, 0.5) is 0 Å². The Morgan fingerprint density at radius 2 is 2.15 bits per heavy atom. The van der Waals surface area contributed by atoms with E-state index in [2.05, 4.69) is 5.32 Å². The Morgan fingerprint density at radius 1 is 1.69 bits per heavy atom. The predicted molar refractivity (Wildman–Crippen MR) is 48.3 cm³/mol. The van der Waals surface area contributed by atoms with Crippen LogP contribution in [0.25, 0.3) is 0 Å². The van der Waals surface area contributed by atoms with Gasteiger partial charge in [0.2, 0.25) is 5.91 Å². The first-order valence-electron chi connectivity index (χ1n) is 3.83. The van der Waals surface area contributed by atoms with Gasteiger partial charge in [-0.05, 0) is 14.1 Å². The highest BCUT2D eigenvalue weighted by molar-refractivity contribution is 5.91. The van der Waals surface area contributed by atoms with Crippen molar-refractivity contribution in [2.75, 3.05) is 27.2 Å². The van der Waals surface area contributed by atoms with Gasteiger partial charge in [0.15, 0.2) is 0 Å². The fraction of sp³-hybridized carbons (Fsp3) is 0.500. The molecule has 74 valence electrons. The summed E-state index contributed by atoms with van der Waals surface area (Å²) in [4.78, 5) is 21.2. The smallest absolute Gasteiger partial charge is 0.328 e. The van der Waals surface area contributed by atoms with Crippen LogP contribution in [0.1, 0.15) is 0 Å². The van der Waals surface area contributed by atoms with Crippen LogP contribution in [-0.2, 0) is 9.59 Å². The molecule has 0 aromatic carbocycles. The van der Waals surface area contributed by atoms with Gasteiger partial charge in [0.1, 0.15) is 0 Å². The number of nitrogens with zero attached hydrogens (tertiary/aromatic N) is 1. The largest absolute Gasteiger partial charge is 0.478 e. The second-order valence-corrected chi connectivity index (χ2v) is 2.78. The molecule has 1 heterocycles. The molecule has 0 saturated carbocycles. The number of carbonyl (C=O) groups is 2. The molecule has 1 fully saturated rings. The molecular formula is C8H14N2O3. The number of hydrogen-bond donors (Lipinski definition) is 2. The second kappa shape index (κ2) is 6.19. The van der Waals surface area contributed by atoms with Crippen LogP contribution in [0.3, 0.4) is 0 Å². The summed E-state index contributed by atoms with van der Waals surface area (Å²) in [5, 5.41) is 10.6. The van der Waals surface area contributed by atoms with Gasteiger partial charge in [0.25, 0.3) is 0 Å². The maximum atomic E-state index is 9.88. The van der Waals surface area contributed by atoms with E-state index in [9.17, 15) is 9.59 Å². The maximum Gasteiger partial charge on any atom is 0.328 e. The zero-order valence-electron chi connectivity index (χ0n) is 7.78. The Morgan fingerprint density at radius 3 is 2.38 bits per heavy atom. The molecule has 5 nitrogen and oxygen atoms in total. The van der Waals surface area contributed by atoms with Gasteiger partial charge in [-0.3, -0.25) is 4.79 Å². The molecular weight excluding hydrogens is 172 g/mol. The number of rotatable bonds is 3. The molecule has 0 aliphatic carbocycles. The average molecular weight is 186 g/mol. The van der Waals surface area contributed by atoms with Crippen molar-refractivity contribution >= 4 is 11.9 Å². The summed E-state index contributed by atoms with van der Waals surface area (Å²) in [5.41, 5.74) is 0. The molecule has 1 aliphatic heterocycles. The van der Waals surface area contributed by atoms with Crippen molar-refractivity contribution in [1.29, 1.82) is 0 Å². The zero-order valence-corrected chi connectivity index (χ0v) is 7.78. The van der Waals surface area contributed by atoms with Gasteiger partial charge in [-0.2, -0.15) is 0 Å². The molecule has 0 radical (unpaired) electrons. The third-order valence-corrected chi connectivity index (χ3v) is 1.05. The molecule has 1 saturated heterocycles. The summed E-state index contributed by atoms with van der Waals surface area (Å²) in [7, 11) is 3.76. The number of amides is 1. The van der Waals surface area contributed by atoms with Gasteiger partial charge in [0, 0.05) is 12.6 Å². The van der Waals surface area contributed by atoms with Crippen LogP contribution < -0.4 is 5.32 Å². The highest BCUT2D eigenvalue weighted by atomic mass is 16.4. The van der Waals surface area contributed by atoms with Crippen LogP contribution in [0, 0.1) is 0 Å². The van der Waals surface area contributed by atoms with Crippen molar-refractivity contribution in [3.8, 4) is 0 Å². The number of nitrogens with one attached hydrogen (secondary N) is 1. The standard InChI is InChI=1S/C6H11NO2.C2H3NO/c1-7(2)5-3-4-6(8)9;4-2-1-3-2/h3-4H,5H2,1-2H3,(H,8,9);1H2,(H,3,4). The average Bonchev–Trinajstić information content (AvgIpc) is 2.71. The number of carbonyl (C=O) groups excluding carboxylic acids is 1. The summed E-state index contributed by atoms with van der Waals surface area (Å²) < 4.78 is 0. The second-order valence-electron chi connectivity index (χ2n) is 2.78. The van der Waals surface area contributed by atoms with Crippen LogP contribution in [0.2, 0.25) is 0 Å². The Kier molecular flexibility index (Phi) is 5.54. The normalized spacial score (nSPS) is 13.6. The highest BCUT2D eigenvalue weighted by Crippen LogP contribution is 1.76. The Bertz CT molecular complexity index is 205. The summed E-state index contributed by atoms with van der Waals surface area (Å²) in [6, 6.07) is 0. The minimum Gasteiger partial charge on any atom is -0.478 e. The maximum absolute atomic E-state index is 9.88. The Balaban J connectivity index is 0.000000293. The van der Waals surface area contributed by atoms with Gasteiger partial charge in [-0.1, -0.05) is 6.08 Å². The van der Waals surface area contributed by atoms with E-state index in [-0.39, 0.29) is 5.91 Å². The van der Waals surface area contributed by atoms with Crippen LogP contribution in [0.5, 0.6) is 0 Å². The molecule has 0 atom stereocenters. The number of carboxylic acid groups (broad SMARTS) is 1. The van der Waals surface area contributed by atoms with Gasteiger partial charge in [-0.15, -0.1) is 0 Å². The molecule has 0 aromatic rings. The lowest BCUT2D eigenvalue weighted by molar-refractivity contribution is -0.131. The van der Waals surface area contributed by atoms with Crippen molar-refractivity contribution in [2.24, 2.45) is 0 Å². The highest BCUT2D eigenvalue weighted by Gasteiger charge is 2.10. The van der Waals surface area contributed by atoms with E-state index in [1.807, 2.05) is 19.0 Å². The number of likely N-dealkylation sites (N-methyl/N-ethyl adjacent to an activating group) is 1. The summed E-state index contributed by atoms with van der Waals surface area (Å²) >= 11 is 0. The molecule has 1 aliphatic rings. The molecule has 0 unspecified atom stereocenters. The molecule has 13 heavy (non-hydrogen) atoms. The quantitative estimate of drug-likeness (QED) is 0.451. The number of carboxylic acids is 1. The van der Waals surface area contributed by atoms with E-state index >= 15 is 0 Å². The molecule has 1 amide bonds. The first-order chi connectivity index (χ1) is 6.02. The number of hydrogen-bond acceptors (Lipinski definition) is 3. The zero-order chi connectivity index (χ0) is 10.3. The van der Waals surface area contributed by atoms with Gasteiger partial charge in [-0.25, -0.2) is 4.79 Å². The predicted octanol–water partition coefficient (Wildman–Crippen LogP) is -0.695. The third-order valence-electron chi connectivity index (χ3n) is 1.05. The van der Waals surface area contributed by atoms with Crippen molar-refractivity contribution in [1.82, 2.24) is 10.2 Å². The fourth-order valence-corrected chi connectivity index (χ4v) is 0.400. The number of aliphatic carboxylic acids is 1. The first kappa shape index (κ1) is 11.6. The van der Waals surface area contributed by atoms with Crippen molar-refractivity contribution in [3.63, 3.8) is 0 Å². The topological polar surface area (TPSA) is 79.6 Å². The molecule has 0 aromatic heterocycles. The van der Waals surface area contributed by atoms with Crippen molar-refractivity contribution in [2.45, 2.75) is 0 Å². The first-order valence-corrected chi connectivity index (χ1v) is 3.83. The fourth-order valence-electron chi connectivity index (χ4n) is 0.400. The van der Waals surface area contributed by atoms with Gasteiger partial charge >= 0.3 is 5.97 Å². The van der Waals surface area contributed by atoms with Crippen LogP contribution in [0.15, 0.2) is 12.2 Å². The monoisotopic (exact) mass is 186 g/mol. The minimum absolute atomic E-state index is 0.167. The molecule has 1 rings (SSSR count). The van der Waals surface area contributed by atoms with E-state index in [0.717, 1.165) is 6.08 Å². The van der Waals surface area contributed by atoms with Crippen molar-refractivity contribution in [3.05, 3.63) is 12.2 Å². The van der Waals surface area contributed by atoms with Crippen LogP contribution in [-0.4, -0.2) is 49.1 Å². The molecule has 0 spiro atoms. The van der Waals surface area contributed by atoms with Gasteiger partial charge in [0.05, 0.1) is 6.54 Å². The summed E-state index contributed by atoms with van der Waals surface area (Å²) in [6.45, 7) is 1.27. The lowest BCUT2D eigenvalue weighted by Gasteiger charge is -2.02. The van der Waals surface area contributed by atoms with E-state index in [1.165, 1.54) is 0 Å². The lowest BCUT2D eigenvalue weighted by Crippen LogP contribution is -2.10. The van der Waals surface area contributed by atoms with E-state index in [1.54, 1.807) is 6.08 Å². The minimum atomic E-state index is -0.892. The van der Waals surface area contributed by atoms with E-state index in [4.69, 9.17) is 5.11 Å². The third kappa shape index (κ3) is 13.6. The lowest BCUT2D eigenvalue weighted by atomic mass is 10.5. The van der Waals surface area contributed by atoms with Crippen molar-refractivity contribution < 1.29 is 14.7 Å². The van der Waals surface area contributed by atoms with E-state index in [0.29, 0.717) is 13.1 Å². The molecule has 5 heteroatoms. The Hall–Kier alpha value is -1.36. The molecule has 0 bridgehead atoms. The Labute approximate surface area is 77.0 Å². The molecule has 2 N–H and O–H groups in total. The summed E-state index contributed by atoms with van der Waals surface area (Å²) in [5.74, 6) is -0.725. The van der Waals surface area contributed by atoms with Gasteiger partial charge < -0.3 is 15.3 Å².